The standard InChI is InChI=1S/C15H16F3N3O3/c1-4-10-13(19)21-14(23-3)12(20-10)9-6-5-8(7-11(9)22-2)24-15(16,17)18/h5-7H,4H2,1-3H3,(H2,19,21). The second kappa shape index (κ2) is 6.81. The molecule has 130 valence electrons. The van der Waals surface area contributed by atoms with Crippen LogP contribution >= 0.6 is 0 Å². The van der Waals surface area contributed by atoms with E-state index in [4.69, 9.17) is 15.2 Å². The first-order valence-corrected chi connectivity index (χ1v) is 6.93. The number of rotatable bonds is 5. The van der Waals surface area contributed by atoms with Crippen molar-refractivity contribution in [2.45, 2.75) is 19.7 Å². The molecule has 0 saturated heterocycles. The fourth-order valence-corrected chi connectivity index (χ4v) is 2.11. The number of aryl methyl sites for hydroxylation is 1. The fraction of sp³-hybridized carbons (Fsp3) is 0.333. The molecule has 0 amide bonds. The van der Waals surface area contributed by atoms with Crippen molar-refractivity contribution in [3.05, 3.63) is 23.9 Å². The summed E-state index contributed by atoms with van der Waals surface area (Å²) in [6.45, 7) is 1.86. The summed E-state index contributed by atoms with van der Waals surface area (Å²) in [6, 6.07) is 3.67. The van der Waals surface area contributed by atoms with E-state index in [1.165, 1.54) is 20.3 Å². The Kier molecular flexibility index (Phi) is 5.01. The number of nitrogens with two attached hydrogens (primary N) is 1. The van der Waals surface area contributed by atoms with E-state index in [0.717, 1.165) is 12.1 Å². The quantitative estimate of drug-likeness (QED) is 0.898. The normalized spacial score (nSPS) is 11.2. The van der Waals surface area contributed by atoms with E-state index in [9.17, 15) is 13.2 Å². The molecule has 0 saturated carbocycles. The monoisotopic (exact) mass is 343 g/mol. The maximum Gasteiger partial charge on any atom is 0.573 e. The van der Waals surface area contributed by atoms with Gasteiger partial charge in [0.25, 0.3) is 0 Å². The zero-order chi connectivity index (χ0) is 17.9. The van der Waals surface area contributed by atoms with Gasteiger partial charge in [-0.15, -0.1) is 13.2 Å². The Hall–Kier alpha value is -2.71. The van der Waals surface area contributed by atoms with Gasteiger partial charge >= 0.3 is 6.36 Å². The first-order chi connectivity index (χ1) is 11.3. The highest BCUT2D eigenvalue weighted by atomic mass is 19.4. The number of nitrogens with zero attached hydrogens (tertiary/aromatic N) is 2. The summed E-state index contributed by atoms with van der Waals surface area (Å²) in [6.07, 6.45) is -4.26. The highest BCUT2D eigenvalue weighted by molar-refractivity contribution is 5.73. The lowest BCUT2D eigenvalue weighted by molar-refractivity contribution is -0.274. The lowest BCUT2D eigenvalue weighted by Gasteiger charge is -2.15. The molecule has 0 radical (unpaired) electrons. The number of nitrogen functional groups attached to an aromatic ring is 1. The Morgan fingerprint density at radius 2 is 1.83 bits per heavy atom. The number of alkyl halides is 3. The van der Waals surface area contributed by atoms with Gasteiger partial charge in [-0.3, -0.25) is 0 Å². The average Bonchev–Trinajstić information content (AvgIpc) is 2.53. The maximum absolute atomic E-state index is 12.3. The van der Waals surface area contributed by atoms with E-state index < -0.39 is 12.1 Å². The highest BCUT2D eigenvalue weighted by Gasteiger charge is 2.31. The third kappa shape index (κ3) is 3.79. The molecule has 2 aromatic rings. The van der Waals surface area contributed by atoms with Crippen molar-refractivity contribution >= 4 is 5.82 Å². The van der Waals surface area contributed by atoms with E-state index in [-0.39, 0.29) is 17.4 Å². The van der Waals surface area contributed by atoms with Gasteiger partial charge in [0, 0.05) is 11.6 Å². The first kappa shape index (κ1) is 17.6. The number of anilines is 1. The zero-order valence-electron chi connectivity index (χ0n) is 13.3. The molecule has 1 aromatic carbocycles. The number of hydrogen-bond acceptors (Lipinski definition) is 6. The van der Waals surface area contributed by atoms with Crippen molar-refractivity contribution < 1.29 is 27.4 Å². The number of hydrogen-bond donors (Lipinski definition) is 1. The maximum atomic E-state index is 12.3. The van der Waals surface area contributed by atoms with Crippen LogP contribution in [0.4, 0.5) is 19.0 Å². The summed E-state index contributed by atoms with van der Waals surface area (Å²) >= 11 is 0. The van der Waals surface area contributed by atoms with Crippen LogP contribution in [0.1, 0.15) is 12.6 Å². The van der Waals surface area contributed by atoms with Crippen LogP contribution in [0.3, 0.4) is 0 Å². The van der Waals surface area contributed by atoms with E-state index in [0.29, 0.717) is 23.4 Å². The molecule has 2 N–H and O–H groups in total. The lowest BCUT2D eigenvalue weighted by atomic mass is 10.1. The minimum absolute atomic E-state index is 0.135. The minimum atomic E-state index is -4.79. The van der Waals surface area contributed by atoms with Crippen molar-refractivity contribution in [1.29, 1.82) is 0 Å². The molecule has 0 aliphatic heterocycles. The second-order valence-corrected chi connectivity index (χ2v) is 4.68. The lowest BCUT2D eigenvalue weighted by Crippen LogP contribution is -2.17. The molecule has 0 bridgehead atoms. The Morgan fingerprint density at radius 3 is 2.38 bits per heavy atom. The van der Waals surface area contributed by atoms with E-state index in [1.54, 1.807) is 0 Å². The van der Waals surface area contributed by atoms with Crippen LogP contribution in [-0.2, 0) is 6.42 Å². The molecule has 2 rings (SSSR count). The van der Waals surface area contributed by atoms with E-state index in [1.807, 2.05) is 6.92 Å². The van der Waals surface area contributed by atoms with Crippen molar-refractivity contribution in [2.24, 2.45) is 0 Å². The largest absolute Gasteiger partial charge is 0.573 e. The van der Waals surface area contributed by atoms with Crippen LogP contribution < -0.4 is 19.9 Å². The Balaban J connectivity index is 2.56. The summed E-state index contributed by atoms with van der Waals surface area (Å²) < 4.78 is 51.2. The summed E-state index contributed by atoms with van der Waals surface area (Å²) in [4.78, 5) is 8.51. The number of benzene rings is 1. The van der Waals surface area contributed by atoms with Crippen molar-refractivity contribution in [3.63, 3.8) is 0 Å². The van der Waals surface area contributed by atoms with Crippen LogP contribution in [-0.4, -0.2) is 30.5 Å². The fourth-order valence-electron chi connectivity index (χ4n) is 2.11. The SMILES string of the molecule is CCc1nc(-c2ccc(OC(F)(F)F)cc2OC)c(OC)nc1N. The van der Waals surface area contributed by atoms with Crippen molar-refractivity contribution in [3.8, 4) is 28.6 Å². The first-order valence-electron chi connectivity index (χ1n) is 6.93. The molecule has 0 atom stereocenters. The third-order valence-corrected chi connectivity index (χ3v) is 3.16. The van der Waals surface area contributed by atoms with Gasteiger partial charge in [0.15, 0.2) is 0 Å². The van der Waals surface area contributed by atoms with Crippen LogP contribution in [0.2, 0.25) is 0 Å². The number of ether oxygens (including phenoxy) is 3. The number of methoxy groups -OCH3 is 2. The van der Waals surface area contributed by atoms with Crippen LogP contribution in [0.25, 0.3) is 11.3 Å². The molecule has 0 aliphatic carbocycles. The molecule has 9 heteroatoms. The molecule has 1 aromatic heterocycles. The van der Waals surface area contributed by atoms with Crippen LogP contribution in [0.5, 0.6) is 17.4 Å². The predicted octanol–water partition coefficient (Wildman–Crippen LogP) is 3.20. The van der Waals surface area contributed by atoms with Gasteiger partial charge in [-0.25, -0.2) is 4.98 Å². The van der Waals surface area contributed by atoms with E-state index in [2.05, 4.69) is 14.7 Å². The molecule has 1 heterocycles. The summed E-state index contributed by atoms with van der Waals surface area (Å²) in [5.74, 6) is 0.110. The Bertz CT molecular complexity index is 736. The summed E-state index contributed by atoms with van der Waals surface area (Å²) in [5, 5.41) is 0. The van der Waals surface area contributed by atoms with Crippen molar-refractivity contribution in [2.75, 3.05) is 20.0 Å². The molecule has 0 unspecified atom stereocenters. The molecule has 0 aliphatic rings. The molecule has 6 nitrogen and oxygen atoms in total. The Morgan fingerprint density at radius 1 is 1.12 bits per heavy atom. The summed E-state index contributed by atoms with van der Waals surface area (Å²) in [5.41, 5.74) is 7.06. The molecule has 0 spiro atoms. The second-order valence-electron chi connectivity index (χ2n) is 4.68. The van der Waals surface area contributed by atoms with Crippen LogP contribution in [0, 0.1) is 0 Å². The third-order valence-electron chi connectivity index (χ3n) is 3.16. The van der Waals surface area contributed by atoms with Gasteiger partial charge in [-0.2, -0.15) is 4.98 Å². The van der Waals surface area contributed by atoms with Gasteiger partial charge in [0.1, 0.15) is 23.0 Å². The average molecular weight is 343 g/mol. The van der Waals surface area contributed by atoms with Gasteiger partial charge < -0.3 is 19.9 Å². The van der Waals surface area contributed by atoms with E-state index >= 15 is 0 Å². The molecule has 0 fully saturated rings. The Labute approximate surface area is 136 Å². The van der Waals surface area contributed by atoms with Gasteiger partial charge in [-0.05, 0) is 18.6 Å². The molecule has 24 heavy (non-hydrogen) atoms. The van der Waals surface area contributed by atoms with Crippen LogP contribution in [0.15, 0.2) is 18.2 Å². The van der Waals surface area contributed by atoms with Gasteiger partial charge in [-0.1, -0.05) is 6.92 Å². The van der Waals surface area contributed by atoms with Crippen molar-refractivity contribution in [1.82, 2.24) is 9.97 Å². The summed E-state index contributed by atoms with van der Waals surface area (Å²) in [7, 11) is 2.72. The smallest absolute Gasteiger partial charge is 0.496 e. The number of aromatic nitrogens is 2. The zero-order valence-corrected chi connectivity index (χ0v) is 13.3. The minimum Gasteiger partial charge on any atom is -0.496 e. The number of halogens is 3. The van der Waals surface area contributed by atoms with Gasteiger partial charge in [0.05, 0.1) is 19.9 Å². The van der Waals surface area contributed by atoms with Gasteiger partial charge in [0.2, 0.25) is 5.88 Å². The highest BCUT2D eigenvalue weighted by Crippen LogP contribution is 2.38. The molecular weight excluding hydrogens is 327 g/mol. The predicted molar refractivity (Wildman–Crippen MR) is 81.0 cm³/mol. The molecular formula is C15H16F3N3O3. The topological polar surface area (TPSA) is 79.5 Å².